The van der Waals surface area contributed by atoms with Crippen molar-refractivity contribution in [1.82, 2.24) is 10.6 Å². The van der Waals surface area contributed by atoms with Crippen molar-refractivity contribution in [2.75, 3.05) is 32.8 Å². The number of halogens is 2. The second kappa shape index (κ2) is 16.1. The minimum Gasteiger partial charge on any atom is -0.494 e. The Hall–Kier alpha value is -1.09. The normalized spacial score (nSPS) is 12.2. The van der Waals surface area contributed by atoms with E-state index in [0.717, 1.165) is 51.3 Å². The average molecular weight is 481 g/mol. The van der Waals surface area contributed by atoms with E-state index >= 15 is 0 Å². The number of hydrogen-bond donors (Lipinski definition) is 3. The molecule has 0 aliphatic carbocycles. The molecule has 150 valence electrons. The predicted molar refractivity (Wildman–Crippen MR) is 116 cm³/mol. The van der Waals surface area contributed by atoms with E-state index in [1.807, 2.05) is 6.92 Å². The maximum absolute atomic E-state index is 12.8. The highest BCUT2D eigenvalue weighted by molar-refractivity contribution is 14.0. The van der Waals surface area contributed by atoms with Gasteiger partial charge in [0.15, 0.2) is 5.96 Å². The molecule has 0 spiro atoms. The van der Waals surface area contributed by atoms with Crippen LogP contribution in [0.2, 0.25) is 0 Å². The third-order valence-electron chi connectivity index (χ3n) is 3.78. The summed E-state index contributed by atoms with van der Waals surface area (Å²) < 4.78 is 18.4. The molecule has 1 aromatic carbocycles. The van der Waals surface area contributed by atoms with Gasteiger partial charge in [-0.15, -0.1) is 24.0 Å². The molecule has 1 aromatic rings. The van der Waals surface area contributed by atoms with Crippen molar-refractivity contribution >= 4 is 29.9 Å². The van der Waals surface area contributed by atoms with Crippen molar-refractivity contribution < 1.29 is 14.2 Å². The summed E-state index contributed by atoms with van der Waals surface area (Å²) in [5.41, 5.74) is 0. The summed E-state index contributed by atoms with van der Waals surface area (Å²) in [6, 6.07) is 6.04. The van der Waals surface area contributed by atoms with E-state index in [-0.39, 0.29) is 36.4 Å². The summed E-state index contributed by atoms with van der Waals surface area (Å²) in [5.74, 6) is 1.63. The van der Waals surface area contributed by atoms with Gasteiger partial charge in [-0.2, -0.15) is 0 Å². The maximum Gasteiger partial charge on any atom is 0.191 e. The van der Waals surface area contributed by atoms with Gasteiger partial charge in [0.2, 0.25) is 0 Å². The van der Waals surface area contributed by atoms with Gasteiger partial charge in [0.05, 0.1) is 6.61 Å². The number of benzene rings is 1. The van der Waals surface area contributed by atoms with Crippen molar-refractivity contribution in [3.05, 3.63) is 30.1 Å². The Kier molecular flexibility index (Phi) is 15.4. The number of nitrogens with one attached hydrogen (secondary N) is 2. The van der Waals surface area contributed by atoms with Crippen LogP contribution in [0, 0.1) is 11.7 Å². The lowest BCUT2D eigenvalue weighted by molar-refractivity contribution is 0.253. The van der Waals surface area contributed by atoms with Crippen molar-refractivity contribution in [3.63, 3.8) is 0 Å². The van der Waals surface area contributed by atoms with Gasteiger partial charge < -0.3 is 20.5 Å². The van der Waals surface area contributed by atoms with Crippen LogP contribution in [-0.2, 0) is 0 Å². The van der Waals surface area contributed by atoms with E-state index in [9.17, 15) is 4.39 Å². The fourth-order valence-corrected chi connectivity index (χ4v) is 2.48. The number of guanidine groups is 1. The van der Waals surface area contributed by atoms with Crippen molar-refractivity contribution in [2.45, 2.75) is 39.5 Å². The van der Waals surface area contributed by atoms with E-state index in [1.54, 1.807) is 12.1 Å². The molecule has 0 fully saturated rings. The smallest absolute Gasteiger partial charge is 0.191 e. The lowest BCUT2D eigenvalue weighted by atomic mass is 10.0. The molecule has 1 rings (SSSR count). The standard InChI is InChI=1S/C19H32FN3O2.HI/c1-3-6-16(11-13-24)15-23-19(21-4-2)22-12-5-14-25-18-9-7-17(20)8-10-18;/h7-10,16,24H,3-6,11-15H2,1-2H3,(H2,21,22,23);1H. The Morgan fingerprint density at radius 3 is 2.54 bits per heavy atom. The van der Waals surface area contributed by atoms with Crippen LogP contribution >= 0.6 is 24.0 Å². The van der Waals surface area contributed by atoms with Crippen LogP contribution in [0.25, 0.3) is 0 Å². The van der Waals surface area contributed by atoms with E-state index in [4.69, 9.17) is 9.84 Å². The van der Waals surface area contributed by atoms with Gasteiger partial charge in [-0.25, -0.2) is 4.39 Å². The third kappa shape index (κ3) is 11.5. The lowest BCUT2D eigenvalue weighted by Crippen LogP contribution is -2.38. The Balaban J connectivity index is 0.00000625. The van der Waals surface area contributed by atoms with E-state index in [1.165, 1.54) is 12.1 Å². The molecule has 0 saturated heterocycles. The minimum absolute atomic E-state index is 0. The monoisotopic (exact) mass is 481 g/mol. The molecule has 0 saturated carbocycles. The molecule has 5 nitrogen and oxygen atoms in total. The van der Waals surface area contributed by atoms with E-state index in [2.05, 4.69) is 22.5 Å². The molecular formula is C19H33FIN3O2. The first kappa shape index (κ1) is 24.9. The van der Waals surface area contributed by atoms with Crippen LogP contribution < -0.4 is 15.4 Å². The van der Waals surface area contributed by atoms with Crippen LogP contribution in [-0.4, -0.2) is 43.9 Å². The molecular weight excluding hydrogens is 448 g/mol. The zero-order chi connectivity index (χ0) is 18.3. The third-order valence-corrected chi connectivity index (χ3v) is 3.78. The van der Waals surface area contributed by atoms with Gasteiger partial charge in [0, 0.05) is 26.2 Å². The number of hydrogen-bond acceptors (Lipinski definition) is 3. The van der Waals surface area contributed by atoms with Gasteiger partial charge in [0.1, 0.15) is 11.6 Å². The summed E-state index contributed by atoms with van der Waals surface area (Å²) in [4.78, 5) is 4.62. The van der Waals surface area contributed by atoms with Gasteiger partial charge >= 0.3 is 0 Å². The lowest BCUT2D eigenvalue weighted by Gasteiger charge is -2.15. The first-order valence-corrected chi connectivity index (χ1v) is 9.21. The Morgan fingerprint density at radius 1 is 1.19 bits per heavy atom. The number of aliphatic imine (C=N–C) groups is 1. The molecule has 0 aliphatic heterocycles. The maximum atomic E-state index is 12.8. The summed E-state index contributed by atoms with van der Waals surface area (Å²) in [5, 5.41) is 15.7. The van der Waals surface area contributed by atoms with Crippen LogP contribution in [0.1, 0.15) is 39.5 Å². The Labute approximate surface area is 173 Å². The van der Waals surface area contributed by atoms with Crippen molar-refractivity contribution in [1.29, 1.82) is 0 Å². The molecule has 0 radical (unpaired) electrons. The van der Waals surface area contributed by atoms with Crippen LogP contribution in [0.3, 0.4) is 0 Å². The second-order valence-electron chi connectivity index (χ2n) is 5.97. The van der Waals surface area contributed by atoms with Gasteiger partial charge in [0.25, 0.3) is 0 Å². The van der Waals surface area contributed by atoms with Crippen molar-refractivity contribution in [2.24, 2.45) is 10.9 Å². The molecule has 1 unspecified atom stereocenters. The number of aliphatic hydroxyl groups is 1. The molecule has 0 aliphatic rings. The predicted octanol–water partition coefficient (Wildman–Crippen LogP) is 3.57. The van der Waals surface area contributed by atoms with Crippen molar-refractivity contribution in [3.8, 4) is 5.75 Å². The van der Waals surface area contributed by atoms with Gasteiger partial charge in [-0.3, -0.25) is 4.99 Å². The zero-order valence-corrected chi connectivity index (χ0v) is 18.2. The average Bonchev–Trinajstić information content (AvgIpc) is 2.61. The quantitative estimate of drug-likeness (QED) is 0.185. The molecule has 26 heavy (non-hydrogen) atoms. The van der Waals surface area contributed by atoms with Crippen LogP contribution in [0.4, 0.5) is 4.39 Å². The fourth-order valence-electron chi connectivity index (χ4n) is 2.48. The summed E-state index contributed by atoms with van der Waals surface area (Å²) in [6.45, 7) is 7.22. The Morgan fingerprint density at radius 2 is 1.92 bits per heavy atom. The molecule has 0 heterocycles. The number of aliphatic hydroxyl groups excluding tert-OH is 1. The fraction of sp³-hybridized carbons (Fsp3) is 0.632. The summed E-state index contributed by atoms with van der Waals surface area (Å²) >= 11 is 0. The van der Waals surface area contributed by atoms with Crippen LogP contribution in [0.15, 0.2) is 29.3 Å². The highest BCUT2D eigenvalue weighted by Crippen LogP contribution is 2.11. The zero-order valence-electron chi connectivity index (χ0n) is 15.8. The minimum atomic E-state index is -0.261. The molecule has 0 bridgehead atoms. The number of rotatable bonds is 12. The first-order valence-electron chi connectivity index (χ1n) is 9.21. The SMILES string of the molecule is CCCC(CCO)CN=C(NCC)NCCCOc1ccc(F)cc1.I. The topological polar surface area (TPSA) is 65.9 Å². The van der Waals surface area contributed by atoms with Crippen LogP contribution in [0.5, 0.6) is 5.75 Å². The molecule has 7 heteroatoms. The van der Waals surface area contributed by atoms with E-state index in [0.29, 0.717) is 18.3 Å². The van der Waals surface area contributed by atoms with Gasteiger partial charge in [-0.1, -0.05) is 13.3 Å². The van der Waals surface area contributed by atoms with E-state index < -0.39 is 0 Å². The molecule has 0 aromatic heterocycles. The molecule has 1 atom stereocenters. The van der Waals surface area contributed by atoms with Gasteiger partial charge in [-0.05, 0) is 56.4 Å². The highest BCUT2D eigenvalue weighted by atomic mass is 127. The molecule has 0 amide bonds. The number of nitrogens with zero attached hydrogens (tertiary/aromatic N) is 1. The number of ether oxygens (including phenoxy) is 1. The molecule has 3 N–H and O–H groups in total. The largest absolute Gasteiger partial charge is 0.494 e. The first-order chi connectivity index (χ1) is 12.2. The Bertz CT molecular complexity index is 480. The summed E-state index contributed by atoms with van der Waals surface area (Å²) in [6.07, 6.45) is 3.79. The summed E-state index contributed by atoms with van der Waals surface area (Å²) in [7, 11) is 0. The second-order valence-corrected chi connectivity index (χ2v) is 5.97. The highest BCUT2D eigenvalue weighted by Gasteiger charge is 2.07.